The minimum absolute atomic E-state index is 0.281. The molecule has 21 heavy (non-hydrogen) atoms. The van der Waals surface area contributed by atoms with Gasteiger partial charge in [0.1, 0.15) is 11.4 Å². The van der Waals surface area contributed by atoms with Gasteiger partial charge < -0.3 is 15.4 Å². The van der Waals surface area contributed by atoms with Gasteiger partial charge >= 0.3 is 12.1 Å². The van der Waals surface area contributed by atoms with Crippen molar-refractivity contribution in [2.75, 3.05) is 18.4 Å². The van der Waals surface area contributed by atoms with Crippen LogP contribution in [0.4, 0.5) is 15.4 Å². The number of pyridine rings is 1. The number of aromatic nitrogens is 1. The van der Waals surface area contributed by atoms with Crippen LogP contribution in [0.1, 0.15) is 26.3 Å². The van der Waals surface area contributed by atoms with Crippen molar-refractivity contribution in [3.8, 4) is 0 Å². The molecule has 0 saturated carbocycles. The highest BCUT2D eigenvalue weighted by atomic mass is 16.6. The quantitative estimate of drug-likeness (QED) is 0.741. The molecule has 0 saturated heterocycles. The van der Waals surface area contributed by atoms with E-state index in [1.807, 2.05) is 13.0 Å². The van der Waals surface area contributed by atoms with Gasteiger partial charge in [0.25, 0.3) is 0 Å². The first kappa shape index (κ1) is 16.7. The molecule has 7 heteroatoms. The Balaban J connectivity index is 2.23. The first-order valence-electron chi connectivity index (χ1n) is 6.71. The Bertz CT molecular complexity index is 497. The lowest BCUT2D eigenvalue weighted by Gasteiger charge is -2.19. The molecule has 1 aromatic heterocycles. The molecule has 0 aliphatic carbocycles. The van der Waals surface area contributed by atoms with Crippen molar-refractivity contribution in [1.29, 1.82) is 0 Å². The fourth-order valence-corrected chi connectivity index (χ4v) is 1.42. The summed E-state index contributed by atoms with van der Waals surface area (Å²) in [6.07, 6.45) is 1.09. The molecule has 0 atom stereocenters. The van der Waals surface area contributed by atoms with E-state index >= 15 is 0 Å². The Morgan fingerprint density at radius 1 is 1.24 bits per heavy atom. The highest BCUT2D eigenvalue weighted by molar-refractivity contribution is 5.88. The Morgan fingerprint density at radius 3 is 2.52 bits per heavy atom. The van der Waals surface area contributed by atoms with Gasteiger partial charge in [-0.3, -0.25) is 5.32 Å². The number of carbonyl (C=O) groups is 2. The standard InChI is InChI=1S/C14H22N4O3/c1-10-6-5-7-15-11(10)18-12(19)16-8-9-17-13(20)21-14(2,3)4/h5-7H,8-9H2,1-4H3,(H,17,20)(H2,15,16,18,19). The van der Waals surface area contributed by atoms with Crippen LogP contribution in [0.25, 0.3) is 0 Å². The fourth-order valence-electron chi connectivity index (χ4n) is 1.42. The summed E-state index contributed by atoms with van der Waals surface area (Å²) in [6, 6.07) is 3.28. The van der Waals surface area contributed by atoms with Gasteiger partial charge in [-0.05, 0) is 39.3 Å². The molecule has 0 fully saturated rings. The van der Waals surface area contributed by atoms with E-state index in [0.29, 0.717) is 5.82 Å². The predicted octanol–water partition coefficient (Wildman–Crippen LogP) is 2.04. The number of ether oxygens (including phenoxy) is 1. The molecule has 3 N–H and O–H groups in total. The van der Waals surface area contributed by atoms with Gasteiger partial charge in [-0.25, -0.2) is 14.6 Å². The molecule has 3 amide bonds. The third-order valence-corrected chi connectivity index (χ3v) is 2.32. The van der Waals surface area contributed by atoms with Crippen molar-refractivity contribution in [3.05, 3.63) is 23.9 Å². The van der Waals surface area contributed by atoms with Crippen LogP contribution < -0.4 is 16.0 Å². The number of carbonyl (C=O) groups excluding carboxylic acids is 2. The molecule has 0 bridgehead atoms. The van der Waals surface area contributed by atoms with Gasteiger partial charge in [-0.2, -0.15) is 0 Å². The third-order valence-electron chi connectivity index (χ3n) is 2.32. The lowest BCUT2D eigenvalue weighted by Crippen LogP contribution is -2.39. The molecular weight excluding hydrogens is 272 g/mol. The van der Waals surface area contributed by atoms with Crippen molar-refractivity contribution < 1.29 is 14.3 Å². The monoisotopic (exact) mass is 294 g/mol. The molecule has 1 aromatic rings. The molecule has 1 heterocycles. The van der Waals surface area contributed by atoms with Crippen molar-refractivity contribution in [1.82, 2.24) is 15.6 Å². The number of rotatable bonds is 4. The predicted molar refractivity (Wildman–Crippen MR) is 80.2 cm³/mol. The summed E-state index contributed by atoms with van der Waals surface area (Å²) in [7, 11) is 0. The van der Waals surface area contributed by atoms with Gasteiger partial charge in [0.05, 0.1) is 0 Å². The summed E-state index contributed by atoms with van der Waals surface area (Å²) in [4.78, 5) is 27.1. The zero-order chi connectivity index (χ0) is 15.9. The molecule has 0 aromatic carbocycles. The first-order chi connectivity index (χ1) is 9.78. The molecule has 0 unspecified atom stereocenters. The van der Waals surface area contributed by atoms with Crippen LogP contribution >= 0.6 is 0 Å². The largest absolute Gasteiger partial charge is 0.444 e. The number of hydrogen-bond acceptors (Lipinski definition) is 4. The number of hydrogen-bond donors (Lipinski definition) is 3. The second-order valence-corrected chi connectivity index (χ2v) is 5.48. The molecule has 116 valence electrons. The number of nitrogens with zero attached hydrogens (tertiary/aromatic N) is 1. The van der Waals surface area contributed by atoms with Crippen LogP contribution in [0.2, 0.25) is 0 Å². The van der Waals surface area contributed by atoms with Gasteiger partial charge in [0, 0.05) is 19.3 Å². The summed E-state index contributed by atoms with van der Waals surface area (Å²) >= 11 is 0. The fraction of sp³-hybridized carbons (Fsp3) is 0.500. The average molecular weight is 294 g/mol. The van der Waals surface area contributed by atoms with E-state index in [1.165, 1.54) is 0 Å². The van der Waals surface area contributed by atoms with E-state index < -0.39 is 11.7 Å². The summed E-state index contributed by atoms with van der Waals surface area (Å²) < 4.78 is 5.07. The summed E-state index contributed by atoms with van der Waals surface area (Å²) in [6.45, 7) is 7.78. The van der Waals surface area contributed by atoms with E-state index in [1.54, 1.807) is 33.0 Å². The number of amides is 3. The van der Waals surface area contributed by atoms with E-state index in [-0.39, 0.29) is 19.1 Å². The number of anilines is 1. The Labute approximate surface area is 124 Å². The maximum absolute atomic E-state index is 11.6. The lowest BCUT2D eigenvalue weighted by molar-refractivity contribution is 0.0528. The maximum Gasteiger partial charge on any atom is 0.407 e. The minimum Gasteiger partial charge on any atom is -0.444 e. The van der Waals surface area contributed by atoms with Crippen LogP contribution in [-0.4, -0.2) is 35.8 Å². The van der Waals surface area contributed by atoms with Gasteiger partial charge in [-0.15, -0.1) is 0 Å². The highest BCUT2D eigenvalue weighted by Crippen LogP contribution is 2.08. The van der Waals surface area contributed by atoms with Crippen molar-refractivity contribution in [2.45, 2.75) is 33.3 Å². The molecular formula is C14H22N4O3. The topological polar surface area (TPSA) is 92.4 Å². The van der Waals surface area contributed by atoms with Gasteiger partial charge in [0.2, 0.25) is 0 Å². The summed E-state index contributed by atoms with van der Waals surface area (Å²) in [5.41, 5.74) is 0.338. The van der Waals surface area contributed by atoms with Crippen LogP contribution in [0.5, 0.6) is 0 Å². The summed E-state index contributed by atoms with van der Waals surface area (Å²) in [5, 5.41) is 7.80. The third kappa shape index (κ3) is 7.14. The number of alkyl carbamates (subject to hydrolysis) is 1. The van der Waals surface area contributed by atoms with Crippen LogP contribution in [0.3, 0.4) is 0 Å². The normalized spacial score (nSPS) is 10.7. The zero-order valence-electron chi connectivity index (χ0n) is 12.8. The second kappa shape index (κ2) is 7.47. The number of aryl methyl sites for hydroxylation is 1. The molecule has 0 aliphatic heterocycles. The first-order valence-corrected chi connectivity index (χ1v) is 6.71. The molecule has 1 rings (SSSR count). The molecule has 0 spiro atoms. The number of nitrogens with one attached hydrogen (secondary N) is 3. The zero-order valence-corrected chi connectivity index (χ0v) is 12.8. The van der Waals surface area contributed by atoms with Crippen LogP contribution in [0.15, 0.2) is 18.3 Å². The minimum atomic E-state index is -0.536. The molecule has 0 radical (unpaired) electrons. The van der Waals surface area contributed by atoms with Gasteiger partial charge in [0.15, 0.2) is 0 Å². The van der Waals surface area contributed by atoms with E-state index in [0.717, 1.165) is 5.56 Å². The van der Waals surface area contributed by atoms with Crippen molar-refractivity contribution >= 4 is 17.9 Å². The van der Waals surface area contributed by atoms with E-state index in [2.05, 4.69) is 20.9 Å². The molecule has 0 aliphatic rings. The van der Waals surface area contributed by atoms with Crippen LogP contribution in [0, 0.1) is 6.92 Å². The Hall–Kier alpha value is -2.31. The SMILES string of the molecule is Cc1cccnc1NC(=O)NCCNC(=O)OC(C)(C)C. The average Bonchev–Trinajstić information content (AvgIpc) is 2.35. The smallest absolute Gasteiger partial charge is 0.407 e. The maximum atomic E-state index is 11.6. The number of urea groups is 1. The highest BCUT2D eigenvalue weighted by Gasteiger charge is 2.15. The Morgan fingerprint density at radius 2 is 1.90 bits per heavy atom. The summed E-state index contributed by atoms with van der Waals surface area (Å²) in [5.74, 6) is 0.509. The van der Waals surface area contributed by atoms with Gasteiger partial charge in [-0.1, -0.05) is 6.07 Å². The lowest BCUT2D eigenvalue weighted by atomic mass is 10.2. The van der Waals surface area contributed by atoms with E-state index in [9.17, 15) is 9.59 Å². The van der Waals surface area contributed by atoms with E-state index in [4.69, 9.17) is 4.74 Å². The van der Waals surface area contributed by atoms with Crippen molar-refractivity contribution in [3.63, 3.8) is 0 Å². The second-order valence-electron chi connectivity index (χ2n) is 5.48. The van der Waals surface area contributed by atoms with Crippen LogP contribution in [-0.2, 0) is 4.74 Å². The van der Waals surface area contributed by atoms with Crippen molar-refractivity contribution in [2.24, 2.45) is 0 Å². The molecule has 7 nitrogen and oxygen atoms in total. The Kier molecular flexibility index (Phi) is 5.95.